The van der Waals surface area contributed by atoms with Gasteiger partial charge < -0.3 is 10.5 Å². The van der Waals surface area contributed by atoms with Crippen LogP contribution in [-0.2, 0) is 16.0 Å². The molecule has 1 heterocycles. The number of hydrogen-bond donors (Lipinski definition) is 2. The Kier molecular flexibility index (Phi) is 5.97. The molecule has 1 saturated heterocycles. The zero-order chi connectivity index (χ0) is 22.0. The van der Waals surface area contributed by atoms with Crippen LogP contribution in [0, 0.1) is 0 Å². The number of imide groups is 1. The van der Waals surface area contributed by atoms with Crippen molar-refractivity contribution in [3.63, 3.8) is 0 Å². The number of primary amides is 1. The fourth-order valence-corrected chi connectivity index (χ4v) is 4.07. The summed E-state index contributed by atoms with van der Waals surface area (Å²) < 4.78 is 6.02. The van der Waals surface area contributed by atoms with Crippen LogP contribution in [0.4, 0.5) is 4.79 Å². The number of thioether (sulfide) groups is 1. The topological polar surface area (TPSA) is 98.5 Å². The standard InChI is InChI=1S/C23H17ClN2O4S/c24-15-8-5-13(6-9-15)11-19(21(25)27)30-18-10-7-14(16-3-1-2-4-17(16)18)12-20-22(28)26-23(29)31-20/h1-10,12,19H,11H2,(H2,25,27)(H,26,28,29). The number of carbonyl (C=O) groups excluding carboxylic acids is 3. The molecule has 1 fully saturated rings. The molecule has 1 aliphatic rings. The average Bonchev–Trinajstić information content (AvgIpc) is 3.07. The largest absolute Gasteiger partial charge is 0.480 e. The first-order valence-electron chi connectivity index (χ1n) is 9.38. The van der Waals surface area contributed by atoms with Crippen molar-refractivity contribution in [3.05, 3.63) is 81.7 Å². The van der Waals surface area contributed by atoms with Crippen molar-refractivity contribution in [3.8, 4) is 5.75 Å². The predicted molar refractivity (Wildman–Crippen MR) is 122 cm³/mol. The Labute approximate surface area is 187 Å². The van der Waals surface area contributed by atoms with Crippen LogP contribution in [0.5, 0.6) is 5.75 Å². The molecule has 0 aromatic heterocycles. The number of nitrogens with two attached hydrogens (primary N) is 1. The minimum atomic E-state index is -0.873. The van der Waals surface area contributed by atoms with Gasteiger partial charge in [0.1, 0.15) is 5.75 Å². The quantitative estimate of drug-likeness (QED) is 0.543. The highest BCUT2D eigenvalue weighted by molar-refractivity contribution is 8.18. The number of halogens is 1. The first kappa shape index (κ1) is 21.0. The van der Waals surface area contributed by atoms with Crippen molar-refractivity contribution >= 4 is 57.3 Å². The van der Waals surface area contributed by atoms with Crippen LogP contribution < -0.4 is 15.8 Å². The Morgan fingerprint density at radius 2 is 1.77 bits per heavy atom. The lowest BCUT2D eigenvalue weighted by Gasteiger charge is -2.18. The highest BCUT2D eigenvalue weighted by atomic mass is 35.5. The van der Waals surface area contributed by atoms with Gasteiger partial charge in [0.2, 0.25) is 0 Å². The van der Waals surface area contributed by atoms with Crippen LogP contribution in [0.25, 0.3) is 16.8 Å². The second-order valence-electron chi connectivity index (χ2n) is 6.89. The summed E-state index contributed by atoms with van der Waals surface area (Å²) in [6, 6.07) is 18.1. The maximum absolute atomic E-state index is 12.1. The Balaban J connectivity index is 1.67. The zero-order valence-electron chi connectivity index (χ0n) is 16.1. The van der Waals surface area contributed by atoms with Crippen LogP contribution in [0.2, 0.25) is 5.02 Å². The van der Waals surface area contributed by atoms with Crippen molar-refractivity contribution in [2.45, 2.75) is 12.5 Å². The molecular formula is C23H17ClN2O4S. The molecule has 8 heteroatoms. The van der Waals surface area contributed by atoms with E-state index in [0.29, 0.717) is 22.1 Å². The van der Waals surface area contributed by atoms with Crippen LogP contribution in [0.15, 0.2) is 65.6 Å². The molecule has 3 N–H and O–H groups in total. The average molecular weight is 453 g/mol. The molecule has 31 heavy (non-hydrogen) atoms. The van der Waals surface area contributed by atoms with Crippen molar-refractivity contribution in [1.82, 2.24) is 5.32 Å². The summed E-state index contributed by atoms with van der Waals surface area (Å²) in [7, 11) is 0. The number of nitrogens with one attached hydrogen (secondary N) is 1. The van der Waals surface area contributed by atoms with Gasteiger partial charge in [0.15, 0.2) is 6.10 Å². The molecule has 156 valence electrons. The van der Waals surface area contributed by atoms with Gasteiger partial charge in [-0.05, 0) is 52.6 Å². The van der Waals surface area contributed by atoms with Gasteiger partial charge in [0, 0.05) is 16.8 Å². The second kappa shape index (κ2) is 8.83. The Morgan fingerprint density at radius 1 is 1.06 bits per heavy atom. The van der Waals surface area contributed by atoms with E-state index in [0.717, 1.165) is 33.7 Å². The number of hydrogen-bond acceptors (Lipinski definition) is 5. The first-order valence-corrected chi connectivity index (χ1v) is 10.6. The van der Waals surface area contributed by atoms with E-state index in [4.69, 9.17) is 22.1 Å². The molecule has 6 nitrogen and oxygen atoms in total. The summed E-state index contributed by atoms with van der Waals surface area (Å²) in [5.41, 5.74) is 7.22. The number of benzene rings is 3. The molecule has 4 rings (SSSR count). The molecule has 0 spiro atoms. The fraction of sp³-hybridized carbons (Fsp3) is 0.0870. The molecule has 3 amide bonds. The van der Waals surface area contributed by atoms with Crippen molar-refractivity contribution in [1.29, 1.82) is 0 Å². The van der Waals surface area contributed by atoms with E-state index in [1.54, 1.807) is 30.3 Å². The van der Waals surface area contributed by atoms with Gasteiger partial charge in [0.25, 0.3) is 17.1 Å². The van der Waals surface area contributed by atoms with E-state index in [-0.39, 0.29) is 0 Å². The predicted octanol–water partition coefficient (Wildman–Crippen LogP) is 4.29. The Hall–Kier alpha value is -3.29. The van der Waals surface area contributed by atoms with Crippen LogP contribution >= 0.6 is 23.4 Å². The van der Waals surface area contributed by atoms with E-state index in [1.165, 1.54) is 0 Å². The second-order valence-corrected chi connectivity index (χ2v) is 8.34. The smallest absolute Gasteiger partial charge is 0.290 e. The zero-order valence-corrected chi connectivity index (χ0v) is 17.7. The highest BCUT2D eigenvalue weighted by Crippen LogP contribution is 2.33. The van der Waals surface area contributed by atoms with E-state index in [1.807, 2.05) is 36.4 Å². The Bertz CT molecular complexity index is 1220. The fourth-order valence-electron chi connectivity index (χ4n) is 3.27. The lowest BCUT2D eigenvalue weighted by molar-refractivity contribution is -0.124. The minimum absolute atomic E-state index is 0.297. The monoisotopic (exact) mass is 452 g/mol. The lowest BCUT2D eigenvalue weighted by atomic mass is 10.0. The third-order valence-electron chi connectivity index (χ3n) is 4.77. The number of rotatable bonds is 6. The van der Waals surface area contributed by atoms with E-state index >= 15 is 0 Å². The Morgan fingerprint density at radius 3 is 2.42 bits per heavy atom. The SMILES string of the molecule is NC(=O)C(Cc1ccc(Cl)cc1)Oc1ccc(C=C2SC(=O)NC2=O)c2ccccc12. The van der Waals surface area contributed by atoms with Crippen molar-refractivity contribution < 1.29 is 19.1 Å². The molecule has 0 bridgehead atoms. The van der Waals surface area contributed by atoms with Gasteiger partial charge in [-0.2, -0.15) is 0 Å². The molecule has 0 saturated carbocycles. The molecule has 0 aliphatic carbocycles. The maximum atomic E-state index is 12.1. The molecule has 1 unspecified atom stereocenters. The molecule has 0 radical (unpaired) electrons. The molecule has 1 atom stereocenters. The third kappa shape index (κ3) is 4.73. The number of ether oxygens (including phenoxy) is 1. The van der Waals surface area contributed by atoms with E-state index < -0.39 is 23.2 Å². The number of fused-ring (bicyclic) bond motifs is 1. The van der Waals surface area contributed by atoms with Crippen molar-refractivity contribution in [2.24, 2.45) is 5.73 Å². The van der Waals surface area contributed by atoms with Gasteiger partial charge in [-0.15, -0.1) is 0 Å². The van der Waals surface area contributed by atoms with Gasteiger partial charge in [-0.3, -0.25) is 19.7 Å². The van der Waals surface area contributed by atoms with Crippen molar-refractivity contribution in [2.75, 3.05) is 0 Å². The van der Waals surface area contributed by atoms with Gasteiger partial charge >= 0.3 is 0 Å². The van der Waals surface area contributed by atoms with E-state index in [9.17, 15) is 14.4 Å². The molecular weight excluding hydrogens is 436 g/mol. The summed E-state index contributed by atoms with van der Waals surface area (Å²) in [6.07, 6.45) is 1.09. The summed E-state index contributed by atoms with van der Waals surface area (Å²) in [4.78, 5) is 35.7. The summed E-state index contributed by atoms with van der Waals surface area (Å²) in [5, 5.41) is 4.02. The van der Waals surface area contributed by atoms with Gasteiger partial charge in [0.05, 0.1) is 4.91 Å². The molecule has 3 aromatic rings. The number of carbonyl (C=O) groups is 3. The summed E-state index contributed by atoms with van der Waals surface area (Å²) in [6.45, 7) is 0. The van der Waals surface area contributed by atoms with Gasteiger partial charge in [-0.25, -0.2) is 0 Å². The van der Waals surface area contributed by atoms with Gasteiger partial charge in [-0.1, -0.05) is 54.1 Å². The minimum Gasteiger partial charge on any atom is -0.480 e. The van der Waals surface area contributed by atoms with Crippen LogP contribution in [-0.4, -0.2) is 23.2 Å². The lowest BCUT2D eigenvalue weighted by Crippen LogP contribution is -2.35. The maximum Gasteiger partial charge on any atom is 0.290 e. The highest BCUT2D eigenvalue weighted by Gasteiger charge is 2.25. The molecule has 1 aliphatic heterocycles. The summed E-state index contributed by atoms with van der Waals surface area (Å²) in [5.74, 6) is -0.506. The first-order chi connectivity index (χ1) is 14.9. The van der Waals surface area contributed by atoms with E-state index in [2.05, 4.69) is 5.32 Å². The number of amides is 3. The third-order valence-corrected chi connectivity index (χ3v) is 5.83. The molecule has 3 aromatic carbocycles. The van der Waals surface area contributed by atoms with Crippen LogP contribution in [0.3, 0.4) is 0 Å². The summed E-state index contributed by atoms with van der Waals surface area (Å²) >= 11 is 6.78. The normalized spacial score (nSPS) is 15.8. The van der Waals surface area contributed by atoms with Crippen LogP contribution in [0.1, 0.15) is 11.1 Å².